The maximum absolute atomic E-state index is 6.29. The zero-order chi connectivity index (χ0) is 30.9. The maximum Gasteiger partial charge on any atom is 0.233 e. The Morgan fingerprint density at radius 1 is 0.511 bits per heavy atom. The van der Waals surface area contributed by atoms with Crippen LogP contribution in [-0.2, 0) is 4.74 Å². The van der Waals surface area contributed by atoms with Gasteiger partial charge < -0.3 is 9.30 Å². The van der Waals surface area contributed by atoms with Gasteiger partial charge in [-0.15, -0.1) is 0 Å². The summed E-state index contributed by atoms with van der Waals surface area (Å²) in [6.45, 7) is 0. The van der Waals surface area contributed by atoms with Gasteiger partial charge in [0.2, 0.25) is 23.7 Å². The molecule has 0 saturated carbocycles. The van der Waals surface area contributed by atoms with Crippen molar-refractivity contribution >= 4 is 44.4 Å². The van der Waals surface area contributed by atoms with Gasteiger partial charge in [-0.05, 0) is 74.9 Å². The molecule has 0 bridgehead atoms. The predicted octanol–water partition coefficient (Wildman–Crippen LogP) is 10.6. The highest BCUT2D eigenvalue weighted by Gasteiger charge is 2.35. The third-order valence-electron chi connectivity index (χ3n) is 9.80. The molecule has 0 fully saturated rings. The van der Waals surface area contributed by atoms with Crippen molar-refractivity contribution < 1.29 is 9.31 Å². The molecule has 0 N–H and O–H groups in total. The van der Waals surface area contributed by atoms with Crippen molar-refractivity contribution in [3.05, 3.63) is 181 Å². The molecule has 1 aromatic heterocycles. The number of allylic oxidation sites excluding steroid dienone is 2. The lowest BCUT2D eigenvalue weighted by Crippen LogP contribution is -2.31. The van der Waals surface area contributed by atoms with Gasteiger partial charge in [0.25, 0.3) is 0 Å². The summed E-state index contributed by atoms with van der Waals surface area (Å²) in [6, 6.07) is 52.6. The Bertz CT molecular complexity index is 2490. The Hall–Kier alpha value is -6.19. The lowest BCUT2D eigenvalue weighted by Gasteiger charge is -2.29. The van der Waals surface area contributed by atoms with Gasteiger partial charge in [0.05, 0.1) is 11.0 Å². The van der Waals surface area contributed by atoms with Crippen LogP contribution in [0.2, 0.25) is 0 Å². The average molecular weight is 602 g/mol. The summed E-state index contributed by atoms with van der Waals surface area (Å²) in [6.07, 6.45) is 8.28. The Morgan fingerprint density at radius 3 is 1.81 bits per heavy atom. The first kappa shape index (κ1) is 26.1. The minimum Gasteiger partial charge on any atom is -0.477 e. The van der Waals surface area contributed by atoms with Crippen LogP contribution in [0, 0.1) is 0 Å². The molecule has 0 radical (unpaired) electrons. The zero-order valence-electron chi connectivity index (χ0n) is 25.5. The molecule has 1 unspecified atom stereocenters. The lowest BCUT2D eigenvalue weighted by molar-refractivity contribution is -0.370. The van der Waals surface area contributed by atoms with Crippen LogP contribution in [0.1, 0.15) is 11.1 Å². The summed E-state index contributed by atoms with van der Waals surface area (Å²) in [7, 11) is 0. The first-order valence-electron chi connectivity index (χ1n) is 16.1. The third kappa shape index (κ3) is 3.90. The lowest BCUT2D eigenvalue weighted by atomic mass is 9.76. The molecule has 3 nitrogen and oxygen atoms in total. The monoisotopic (exact) mass is 601 g/mol. The molecule has 1 aliphatic heterocycles. The smallest absolute Gasteiger partial charge is 0.233 e. The molecule has 3 heteroatoms. The molecule has 10 rings (SSSR count). The van der Waals surface area contributed by atoms with Gasteiger partial charge in [-0.1, -0.05) is 109 Å². The second-order valence-electron chi connectivity index (χ2n) is 12.3. The number of benzene rings is 6. The average Bonchev–Trinajstić information content (AvgIpc) is 3.48. The largest absolute Gasteiger partial charge is 0.477 e. The van der Waals surface area contributed by atoms with Gasteiger partial charge in [0.1, 0.15) is 6.26 Å². The highest BCUT2D eigenvalue weighted by atomic mass is 16.5. The van der Waals surface area contributed by atoms with Crippen LogP contribution in [0.25, 0.3) is 60.9 Å². The summed E-state index contributed by atoms with van der Waals surface area (Å²) in [5.41, 5.74) is 15.5. The minimum absolute atomic E-state index is 0.206. The molecule has 0 amide bonds. The van der Waals surface area contributed by atoms with Gasteiger partial charge >= 0.3 is 0 Å². The Kier molecular flexibility index (Phi) is 5.64. The van der Waals surface area contributed by atoms with Crippen molar-refractivity contribution in [3.63, 3.8) is 0 Å². The fraction of sp³-hybridized carbons (Fsp3) is 0.0227. The third-order valence-corrected chi connectivity index (χ3v) is 9.80. The van der Waals surface area contributed by atoms with E-state index in [-0.39, 0.29) is 6.10 Å². The van der Waals surface area contributed by atoms with E-state index in [1.807, 2.05) is 12.5 Å². The highest BCUT2D eigenvalue weighted by molar-refractivity contribution is 6.22. The quantitative estimate of drug-likeness (QED) is 0.180. The molecule has 2 heterocycles. The number of rotatable bonds is 2. The standard InChI is InChI=1S/C44H29N2O/c1-2-12-29(13-3-1)45-24-25-47-44-28-40-34-17-7-5-15-32(34)31-14-4-6-16-33(31)38-26-30(22-23-35(38)39(40)27-43(44)45)46-41-20-10-8-18-36(41)37-19-9-11-21-42(37)46/h1-28,44H/q+1. The summed E-state index contributed by atoms with van der Waals surface area (Å²) in [4.78, 5) is 0. The predicted molar refractivity (Wildman–Crippen MR) is 193 cm³/mol. The summed E-state index contributed by atoms with van der Waals surface area (Å²) in [5.74, 6) is 0. The molecule has 47 heavy (non-hydrogen) atoms. The molecule has 0 saturated heterocycles. The van der Waals surface area contributed by atoms with Gasteiger partial charge in [-0.3, -0.25) is 0 Å². The topological polar surface area (TPSA) is 17.2 Å². The van der Waals surface area contributed by atoms with Crippen molar-refractivity contribution in [2.45, 2.75) is 6.10 Å². The van der Waals surface area contributed by atoms with Gasteiger partial charge in [0, 0.05) is 34.7 Å². The molecular weight excluding hydrogens is 572 g/mol. The fourth-order valence-corrected chi connectivity index (χ4v) is 7.73. The maximum atomic E-state index is 6.29. The second-order valence-corrected chi connectivity index (χ2v) is 12.3. The van der Waals surface area contributed by atoms with E-state index < -0.39 is 0 Å². The Labute approximate surface area is 272 Å². The van der Waals surface area contributed by atoms with Gasteiger partial charge in [-0.25, -0.2) is 0 Å². The molecule has 1 atom stereocenters. The van der Waals surface area contributed by atoms with E-state index in [1.165, 1.54) is 66.3 Å². The van der Waals surface area contributed by atoms with Crippen LogP contribution in [0.4, 0.5) is 5.69 Å². The molecule has 7 aromatic rings. The molecule has 0 spiro atoms. The minimum atomic E-state index is -0.206. The Morgan fingerprint density at radius 2 is 1.09 bits per heavy atom. The van der Waals surface area contributed by atoms with Crippen LogP contribution in [0.15, 0.2) is 170 Å². The van der Waals surface area contributed by atoms with Crippen molar-refractivity contribution in [2.75, 3.05) is 0 Å². The summed E-state index contributed by atoms with van der Waals surface area (Å²) < 4.78 is 11.0. The van der Waals surface area contributed by atoms with Gasteiger partial charge in [0.15, 0.2) is 0 Å². The van der Waals surface area contributed by atoms with E-state index in [0.29, 0.717) is 0 Å². The zero-order valence-corrected chi connectivity index (χ0v) is 25.5. The fourth-order valence-electron chi connectivity index (χ4n) is 7.73. The van der Waals surface area contributed by atoms with Crippen molar-refractivity contribution in [3.8, 4) is 27.9 Å². The van der Waals surface area contributed by atoms with Crippen LogP contribution < -0.4 is 0 Å². The second kappa shape index (κ2) is 10.2. The van der Waals surface area contributed by atoms with Crippen molar-refractivity contribution in [2.24, 2.45) is 0 Å². The highest BCUT2D eigenvalue weighted by Crippen LogP contribution is 2.49. The number of ether oxygens (including phenoxy) is 1. The van der Waals surface area contributed by atoms with E-state index in [0.717, 1.165) is 17.1 Å². The molecular formula is C44H29N2O+. The number of para-hydroxylation sites is 3. The van der Waals surface area contributed by atoms with Crippen molar-refractivity contribution in [1.29, 1.82) is 0 Å². The Balaban J connectivity index is 1.30. The molecule has 220 valence electrons. The van der Waals surface area contributed by atoms with Crippen LogP contribution in [0.5, 0.6) is 0 Å². The first-order chi connectivity index (χ1) is 23.3. The van der Waals surface area contributed by atoms with Crippen LogP contribution in [-0.4, -0.2) is 21.0 Å². The van der Waals surface area contributed by atoms with Crippen molar-refractivity contribution in [1.82, 2.24) is 4.57 Å². The van der Waals surface area contributed by atoms with E-state index in [9.17, 15) is 0 Å². The molecule has 3 aliphatic rings. The van der Waals surface area contributed by atoms with E-state index in [2.05, 4.69) is 167 Å². The van der Waals surface area contributed by atoms with E-state index in [4.69, 9.17) is 4.74 Å². The summed E-state index contributed by atoms with van der Waals surface area (Å²) in [5, 5.41) is 2.52. The number of fused-ring (bicyclic) bond motifs is 12. The number of nitrogens with zero attached hydrogens (tertiary/aromatic N) is 2. The summed E-state index contributed by atoms with van der Waals surface area (Å²) >= 11 is 0. The van der Waals surface area contributed by atoms with E-state index in [1.54, 1.807) is 0 Å². The van der Waals surface area contributed by atoms with E-state index >= 15 is 0 Å². The number of hydrogen-bond donors (Lipinski definition) is 0. The first-order valence-corrected chi connectivity index (χ1v) is 16.1. The van der Waals surface area contributed by atoms with Gasteiger partial charge in [-0.2, -0.15) is 4.58 Å². The number of hydrogen-bond acceptors (Lipinski definition) is 1. The number of aromatic nitrogens is 1. The van der Waals surface area contributed by atoms with Crippen LogP contribution >= 0.6 is 0 Å². The normalized spacial score (nSPS) is 16.1. The molecule has 6 aromatic carbocycles. The van der Waals surface area contributed by atoms with Crippen LogP contribution in [0.3, 0.4) is 0 Å². The SMILES string of the molecule is C1=C[N+](c2ccccc2)=C2C=C3C(=CC2O1)c1ccccc1-c1ccccc1-c1cc(-n2c4ccccc4c4ccccc42)ccc13. The molecule has 2 aliphatic carbocycles.